The molecule has 0 aliphatic heterocycles. The van der Waals surface area contributed by atoms with E-state index in [1.807, 2.05) is 24.3 Å². The molecule has 0 saturated carbocycles. The summed E-state index contributed by atoms with van der Waals surface area (Å²) in [5.74, 6) is -1.99. The molecule has 1 heterocycles. The molecule has 7 heteroatoms. The number of aromatic amines is 1. The van der Waals surface area contributed by atoms with Gasteiger partial charge in [0.2, 0.25) is 0 Å². The van der Waals surface area contributed by atoms with E-state index >= 15 is 0 Å². The Morgan fingerprint density at radius 1 is 1.20 bits per heavy atom. The molecule has 2 aromatic carbocycles. The zero-order chi connectivity index (χ0) is 18.0. The van der Waals surface area contributed by atoms with Crippen molar-refractivity contribution in [2.45, 2.75) is 13.0 Å². The molecule has 128 valence electrons. The molecule has 3 aromatic rings. The van der Waals surface area contributed by atoms with E-state index in [2.05, 4.69) is 10.3 Å². The fourth-order valence-electron chi connectivity index (χ4n) is 2.29. The molecule has 0 unspecified atom stereocenters. The normalized spacial score (nSPS) is 12.0. The van der Waals surface area contributed by atoms with E-state index in [0.717, 1.165) is 17.0 Å². The van der Waals surface area contributed by atoms with E-state index in [9.17, 15) is 14.0 Å². The molecular formula is C18H14ClFN2O3. The smallest absolute Gasteiger partial charge is 0.355 e. The Balaban J connectivity index is 1.67. The predicted octanol–water partition coefficient (Wildman–Crippen LogP) is 4.14. The molecule has 1 atom stereocenters. The molecule has 5 nitrogen and oxygen atoms in total. The van der Waals surface area contributed by atoms with Gasteiger partial charge in [0.15, 0.2) is 6.10 Å². The average Bonchev–Trinajstić information content (AvgIpc) is 3.01. The summed E-state index contributed by atoms with van der Waals surface area (Å²) in [6.07, 6.45) is -1.10. The third kappa shape index (κ3) is 3.80. The van der Waals surface area contributed by atoms with Crippen LogP contribution in [-0.4, -0.2) is 23.0 Å². The van der Waals surface area contributed by atoms with Crippen LogP contribution >= 0.6 is 11.6 Å². The predicted molar refractivity (Wildman–Crippen MR) is 93.2 cm³/mol. The summed E-state index contributed by atoms with van der Waals surface area (Å²) < 4.78 is 18.8. The first-order chi connectivity index (χ1) is 11.9. The lowest BCUT2D eigenvalue weighted by Gasteiger charge is -2.13. The Labute approximate surface area is 147 Å². The highest BCUT2D eigenvalue weighted by molar-refractivity contribution is 6.30. The van der Waals surface area contributed by atoms with Gasteiger partial charge in [-0.2, -0.15) is 0 Å². The second-order valence-corrected chi connectivity index (χ2v) is 5.87. The van der Waals surface area contributed by atoms with Crippen molar-refractivity contribution in [3.05, 3.63) is 65.1 Å². The number of anilines is 1. The summed E-state index contributed by atoms with van der Waals surface area (Å²) in [5.41, 5.74) is 0.983. The van der Waals surface area contributed by atoms with Crippen LogP contribution in [0.15, 0.2) is 48.5 Å². The topological polar surface area (TPSA) is 71.2 Å². The molecule has 0 radical (unpaired) electrons. The van der Waals surface area contributed by atoms with Gasteiger partial charge in [0, 0.05) is 15.9 Å². The first kappa shape index (κ1) is 17.0. The zero-order valence-electron chi connectivity index (χ0n) is 13.2. The molecule has 0 aliphatic rings. The second-order valence-electron chi connectivity index (χ2n) is 5.43. The van der Waals surface area contributed by atoms with E-state index < -0.39 is 23.8 Å². The van der Waals surface area contributed by atoms with Gasteiger partial charge in [-0.15, -0.1) is 0 Å². The minimum absolute atomic E-state index is 0.0390. The molecule has 3 rings (SSSR count). The van der Waals surface area contributed by atoms with Gasteiger partial charge in [0.05, 0.1) is 5.69 Å². The molecular weight excluding hydrogens is 347 g/mol. The fourth-order valence-corrected chi connectivity index (χ4v) is 2.44. The number of para-hydroxylation sites is 1. The SMILES string of the molecule is C[C@@H](OC(=O)c1cc2ccccc2[nH]1)C(=O)Nc1ccc(Cl)cc1F. The molecule has 25 heavy (non-hydrogen) atoms. The highest BCUT2D eigenvalue weighted by Gasteiger charge is 2.21. The first-order valence-corrected chi connectivity index (χ1v) is 7.86. The van der Waals surface area contributed by atoms with Gasteiger partial charge in [-0.1, -0.05) is 29.8 Å². The van der Waals surface area contributed by atoms with Crippen molar-refractivity contribution in [2.75, 3.05) is 5.32 Å². The quantitative estimate of drug-likeness (QED) is 0.687. The maximum Gasteiger partial charge on any atom is 0.355 e. The number of benzene rings is 2. The van der Waals surface area contributed by atoms with E-state index in [1.54, 1.807) is 6.07 Å². The number of hydrogen-bond acceptors (Lipinski definition) is 3. The Morgan fingerprint density at radius 2 is 1.96 bits per heavy atom. The van der Waals surface area contributed by atoms with E-state index in [1.165, 1.54) is 19.1 Å². The number of aromatic nitrogens is 1. The van der Waals surface area contributed by atoms with Gasteiger partial charge in [-0.25, -0.2) is 9.18 Å². The summed E-state index contributed by atoms with van der Waals surface area (Å²) in [4.78, 5) is 27.2. The highest BCUT2D eigenvalue weighted by Crippen LogP contribution is 2.20. The Hall–Kier alpha value is -2.86. The van der Waals surface area contributed by atoms with Crippen molar-refractivity contribution >= 4 is 40.1 Å². The minimum atomic E-state index is -1.10. The number of esters is 1. The van der Waals surface area contributed by atoms with Crippen LogP contribution in [0, 0.1) is 5.82 Å². The monoisotopic (exact) mass is 360 g/mol. The van der Waals surface area contributed by atoms with Crippen molar-refractivity contribution in [3.8, 4) is 0 Å². The van der Waals surface area contributed by atoms with Gasteiger partial charge in [0.1, 0.15) is 11.5 Å². The molecule has 0 fully saturated rings. The van der Waals surface area contributed by atoms with Gasteiger partial charge in [0.25, 0.3) is 5.91 Å². The third-order valence-corrected chi connectivity index (χ3v) is 3.83. The van der Waals surface area contributed by atoms with Crippen LogP contribution in [0.5, 0.6) is 0 Å². The largest absolute Gasteiger partial charge is 0.448 e. The molecule has 1 aromatic heterocycles. The fraction of sp³-hybridized carbons (Fsp3) is 0.111. The summed E-state index contributed by atoms with van der Waals surface area (Å²) in [6, 6.07) is 12.9. The number of carbonyl (C=O) groups is 2. The molecule has 2 N–H and O–H groups in total. The summed E-state index contributed by atoms with van der Waals surface area (Å²) in [5, 5.41) is 3.43. The van der Waals surface area contributed by atoms with Gasteiger partial charge in [-0.3, -0.25) is 4.79 Å². The van der Waals surface area contributed by atoms with Crippen LogP contribution in [-0.2, 0) is 9.53 Å². The van der Waals surface area contributed by atoms with Crippen LogP contribution in [0.3, 0.4) is 0 Å². The number of amides is 1. The number of fused-ring (bicyclic) bond motifs is 1. The Morgan fingerprint density at radius 3 is 2.68 bits per heavy atom. The van der Waals surface area contributed by atoms with Crippen molar-refractivity contribution in [2.24, 2.45) is 0 Å². The Kier molecular flexibility index (Phi) is 4.72. The minimum Gasteiger partial charge on any atom is -0.448 e. The molecule has 0 aliphatic carbocycles. The van der Waals surface area contributed by atoms with E-state index in [4.69, 9.17) is 16.3 Å². The molecule has 0 saturated heterocycles. The second kappa shape index (κ2) is 6.94. The number of rotatable bonds is 4. The number of nitrogens with one attached hydrogen (secondary N) is 2. The van der Waals surface area contributed by atoms with Crippen LogP contribution in [0.25, 0.3) is 10.9 Å². The van der Waals surface area contributed by atoms with E-state index in [0.29, 0.717) is 0 Å². The third-order valence-electron chi connectivity index (χ3n) is 3.59. The van der Waals surface area contributed by atoms with E-state index in [-0.39, 0.29) is 16.4 Å². The summed E-state index contributed by atoms with van der Waals surface area (Å²) in [7, 11) is 0. The Bertz CT molecular complexity index is 921. The number of H-pyrrole nitrogens is 1. The number of carbonyl (C=O) groups excluding carboxylic acids is 2. The van der Waals surface area contributed by atoms with Crippen molar-refractivity contribution in [1.82, 2.24) is 4.98 Å². The average molecular weight is 361 g/mol. The standard InChI is InChI=1S/C18H14ClFN2O3/c1-10(17(23)22-15-7-6-12(19)9-13(15)20)25-18(24)16-8-11-4-2-3-5-14(11)21-16/h2-10,21H,1H3,(H,22,23)/t10-/m1/s1. The molecule has 0 spiro atoms. The van der Waals surface area contributed by atoms with Gasteiger partial charge < -0.3 is 15.0 Å². The van der Waals surface area contributed by atoms with Crippen LogP contribution in [0.2, 0.25) is 5.02 Å². The zero-order valence-corrected chi connectivity index (χ0v) is 13.9. The number of hydrogen-bond donors (Lipinski definition) is 2. The molecule has 0 bridgehead atoms. The highest BCUT2D eigenvalue weighted by atomic mass is 35.5. The summed E-state index contributed by atoms with van der Waals surface area (Å²) in [6.45, 7) is 1.41. The maximum atomic E-state index is 13.7. The van der Waals surface area contributed by atoms with Crippen molar-refractivity contribution in [1.29, 1.82) is 0 Å². The maximum absolute atomic E-state index is 13.7. The van der Waals surface area contributed by atoms with Crippen molar-refractivity contribution in [3.63, 3.8) is 0 Å². The first-order valence-electron chi connectivity index (χ1n) is 7.48. The van der Waals surface area contributed by atoms with Gasteiger partial charge in [-0.05, 0) is 37.3 Å². The molecule has 1 amide bonds. The number of ether oxygens (including phenoxy) is 1. The summed E-state index contributed by atoms with van der Waals surface area (Å²) >= 11 is 5.66. The van der Waals surface area contributed by atoms with Gasteiger partial charge >= 0.3 is 5.97 Å². The lowest BCUT2D eigenvalue weighted by molar-refractivity contribution is -0.123. The lowest BCUT2D eigenvalue weighted by Crippen LogP contribution is -2.30. The van der Waals surface area contributed by atoms with Crippen LogP contribution in [0.4, 0.5) is 10.1 Å². The number of halogens is 2. The van der Waals surface area contributed by atoms with Crippen LogP contribution in [0.1, 0.15) is 17.4 Å². The van der Waals surface area contributed by atoms with Crippen molar-refractivity contribution < 1.29 is 18.7 Å². The lowest BCUT2D eigenvalue weighted by atomic mass is 10.2. The van der Waals surface area contributed by atoms with Crippen LogP contribution < -0.4 is 5.32 Å².